The van der Waals surface area contributed by atoms with Crippen LogP contribution in [0.5, 0.6) is 0 Å². The van der Waals surface area contributed by atoms with Crippen molar-refractivity contribution in [2.45, 2.75) is 39.7 Å². The Balaban J connectivity index is 2.51. The number of aliphatic hydroxyl groups is 1. The van der Waals surface area contributed by atoms with E-state index in [0.717, 1.165) is 18.7 Å². The zero-order valence-corrected chi connectivity index (χ0v) is 10.1. The number of benzene rings is 1. The van der Waals surface area contributed by atoms with E-state index in [1.165, 1.54) is 11.1 Å². The summed E-state index contributed by atoms with van der Waals surface area (Å²) in [6, 6.07) is 6.40. The molecule has 0 amide bonds. The molecule has 1 rings (SSSR count). The lowest BCUT2D eigenvalue weighted by Gasteiger charge is -2.17. The molecule has 0 aliphatic carbocycles. The highest BCUT2D eigenvalue weighted by molar-refractivity contribution is 5.48. The van der Waals surface area contributed by atoms with E-state index >= 15 is 0 Å². The second kappa shape index (κ2) is 4.67. The molecule has 0 atom stereocenters. The van der Waals surface area contributed by atoms with Gasteiger partial charge in [0, 0.05) is 12.2 Å². The van der Waals surface area contributed by atoms with Gasteiger partial charge in [-0.05, 0) is 57.4 Å². The van der Waals surface area contributed by atoms with E-state index in [0.29, 0.717) is 0 Å². The van der Waals surface area contributed by atoms with Crippen molar-refractivity contribution in [3.05, 3.63) is 29.3 Å². The maximum absolute atomic E-state index is 9.56. The van der Waals surface area contributed by atoms with E-state index in [4.69, 9.17) is 0 Å². The van der Waals surface area contributed by atoms with Crippen LogP contribution in [0, 0.1) is 13.8 Å². The third kappa shape index (κ3) is 4.84. The van der Waals surface area contributed by atoms with Crippen LogP contribution in [-0.2, 0) is 0 Å². The van der Waals surface area contributed by atoms with Crippen LogP contribution in [0.3, 0.4) is 0 Å². The second-order valence-corrected chi connectivity index (χ2v) is 4.87. The fourth-order valence-corrected chi connectivity index (χ4v) is 1.59. The lowest BCUT2D eigenvalue weighted by atomic mass is 10.1. The second-order valence-electron chi connectivity index (χ2n) is 4.87. The Hall–Kier alpha value is -1.02. The first-order valence-electron chi connectivity index (χ1n) is 5.41. The van der Waals surface area contributed by atoms with Gasteiger partial charge in [0.15, 0.2) is 0 Å². The van der Waals surface area contributed by atoms with E-state index in [1.807, 2.05) is 13.8 Å². The zero-order valence-electron chi connectivity index (χ0n) is 10.1. The molecule has 1 aromatic rings. The maximum Gasteiger partial charge on any atom is 0.0608 e. The summed E-state index contributed by atoms with van der Waals surface area (Å²) in [7, 11) is 0. The highest BCUT2D eigenvalue weighted by Crippen LogP contribution is 2.14. The Kier molecular flexibility index (Phi) is 3.75. The molecule has 84 valence electrons. The summed E-state index contributed by atoms with van der Waals surface area (Å²) in [5.41, 5.74) is 3.07. The van der Waals surface area contributed by atoms with Gasteiger partial charge >= 0.3 is 0 Å². The molecule has 15 heavy (non-hydrogen) atoms. The van der Waals surface area contributed by atoms with E-state index < -0.39 is 5.60 Å². The first-order valence-corrected chi connectivity index (χ1v) is 5.41. The minimum atomic E-state index is -0.591. The molecule has 0 aromatic heterocycles. The Labute approximate surface area is 92.3 Å². The average molecular weight is 207 g/mol. The Bertz CT molecular complexity index is 306. The molecule has 0 spiro atoms. The predicted octanol–water partition coefficient (Wildman–Crippen LogP) is 2.88. The summed E-state index contributed by atoms with van der Waals surface area (Å²) in [4.78, 5) is 0. The third-order valence-electron chi connectivity index (χ3n) is 2.29. The Morgan fingerprint density at radius 3 is 2.13 bits per heavy atom. The van der Waals surface area contributed by atoms with E-state index in [-0.39, 0.29) is 0 Å². The molecule has 0 heterocycles. The van der Waals surface area contributed by atoms with E-state index in [1.54, 1.807) is 0 Å². The standard InChI is InChI=1S/C13H21NO/c1-10-7-11(2)9-12(8-10)14-6-5-13(3,4)15/h7-9,14-15H,5-6H2,1-4H3. The van der Waals surface area contributed by atoms with Crippen molar-refractivity contribution in [3.63, 3.8) is 0 Å². The van der Waals surface area contributed by atoms with Crippen LogP contribution >= 0.6 is 0 Å². The van der Waals surface area contributed by atoms with Crippen molar-refractivity contribution in [1.82, 2.24) is 0 Å². The van der Waals surface area contributed by atoms with Crippen molar-refractivity contribution in [1.29, 1.82) is 0 Å². The minimum absolute atomic E-state index is 0.591. The summed E-state index contributed by atoms with van der Waals surface area (Å²) in [6.07, 6.45) is 0.750. The number of hydrogen-bond acceptors (Lipinski definition) is 2. The summed E-state index contributed by atoms with van der Waals surface area (Å²) < 4.78 is 0. The van der Waals surface area contributed by atoms with Crippen LogP contribution in [0.4, 0.5) is 5.69 Å². The van der Waals surface area contributed by atoms with Crippen LogP contribution in [0.25, 0.3) is 0 Å². The SMILES string of the molecule is Cc1cc(C)cc(NCCC(C)(C)O)c1. The van der Waals surface area contributed by atoms with Gasteiger partial charge in [0.1, 0.15) is 0 Å². The normalized spacial score (nSPS) is 11.5. The van der Waals surface area contributed by atoms with Gasteiger partial charge in [-0.25, -0.2) is 0 Å². The summed E-state index contributed by atoms with van der Waals surface area (Å²) in [5.74, 6) is 0. The van der Waals surface area contributed by atoms with Gasteiger partial charge in [0.05, 0.1) is 5.60 Å². The molecular weight excluding hydrogens is 186 g/mol. The van der Waals surface area contributed by atoms with Crippen molar-refractivity contribution < 1.29 is 5.11 Å². The molecule has 1 aromatic carbocycles. The summed E-state index contributed by atoms with van der Waals surface area (Å²) in [6.45, 7) is 8.64. The van der Waals surface area contributed by atoms with E-state index in [2.05, 4.69) is 37.4 Å². The van der Waals surface area contributed by atoms with Crippen molar-refractivity contribution >= 4 is 5.69 Å². The van der Waals surface area contributed by atoms with Crippen molar-refractivity contribution in [2.75, 3.05) is 11.9 Å². The van der Waals surface area contributed by atoms with Gasteiger partial charge in [-0.1, -0.05) is 6.07 Å². The van der Waals surface area contributed by atoms with Gasteiger partial charge in [-0.3, -0.25) is 0 Å². The van der Waals surface area contributed by atoms with Crippen LogP contribution in [0.2, 0.25) is 0 Å². The molecule has 0 saturated heterocycles. The molecular formula is C13H21NO. The molecule has 2 heteroatoms. The van der Waals surface area contributed by atoms with E-state index in [9.17, 15) is 5.11 Å². The first-order chi connectivity index (χ1) is 6.87. The maximum atomic E-state index is 9.56. The molecule has 0 aliphatic rings. The fourth-order valence-electron chi connectivity index (χ4n) is 1.59. The molecule has 0 saturated carbocycles. The van der Waals surface area contributed by atoms with Crippen LogP contribution in [-0.4, -0.2) is 17.3 Å². The molecule has 2 nitrogen and oxygen atoms in total. The summed E-state index contributed by atoms with van der Waals surface area (Å²) >= 11 is 0. The van der Waals surface area contributed by atoms with Gasteiger partial charge < -0.3 is 10.4 Å². The average Bonchev–Trinajstić information content (AvgIpc) is 1.99. The molecule has 0 unspecified atom stereocenters. The highest BCUT2D eigenvalue weighted by Gasteiger charge is 2.11. The lowest BCUT2D eigenvalue weighted by Crippen LogP contribution is -2.22. The largest absolute Gasteiger partial charge is 0.390 e. The number of rotatable bonds is 4. The number of nitrogens with one attached hydrogen (secondary N) is 1. The Morgan fingerprint density at radius 1 is 1.13 bits per heavy atom. The number of anilines is 1. The highest BCUT2D eigenvalue weighted by atomic mass is 16.3. The van der Waals surface area contributed by atoms with Gasteiger partial charge in [0.2, 0.25) is 0 Å². The fraction of sp³-hybridized carbons (Fsp3) is 0.538. The van der Waals surface area contributed by atoms with Crippen LogP contribution in [0.1, 0.15) is 31.4 Å². The topological polar surface area (TPSA) is 32.3 Å². The van der Waals surface area contributed by atoms with Crippen molar-refractivity contribution in [3.8, 4) is 0 Å². The smallest absolute Gasteiger partial charge is 0.0608 e. The zero-order chi connectivity index (χ0) is 11.5. The predicted molar refractivity (Wildman–Crippen MR) is 65.3 cm³/mol. The third-order valence-corrected chi connectivity index (χ3v) is 2.29. The molecule has 0 bridgehead atoms. The van der Waals surface area contributed by atoms with Crippen LogP contribution < -0.4 is 5.32 Å². The number of aryl methyl sites for hydroxylation is 2. The van der Waals surface area contributed by atoms with Crippen molar-refractivity contribution in [2.24, 2.45) is 0 Å². The molecule has 0 aliphatic heterocycles. The molecule has 0 fully saturated rings. The monoisotopic (exact) mass is 207 g/mol. The molecule has 2 N–H and O–H groups in total. The lowest BCUT2D eigenvalue weighted by molar-refractivity contribution is 0.0749. The number of hydrogen-bond donors (Lipinski definition) is 2. The summed E-state index contributed by atoms with van der Waals surface area (Å²) in [5, 5.41) is 12.9. The minimum Gasteiger partial charge on any atom is -0.390 e. The quantitative estimate of drug-likeness (QED) is 0.795. The Morgan fingerprint density at radius 2 is 1.67 bits per heavy atom. The first kappa shape index (κ1) is 12.1. The van der Waals surface area contributed by atoms with Crippen LogP contribution in [0.15, 0.2) is 18.2 Å². The van der Waals surface area contributed by atoms with Gasteiger partial charge in [-0.15, -0.1) is 0 Å². The van der Waals surface area contributed by atoms with Gasteiger partial charge in [0.25, 0.3) is 0 Å². The molecule has 0 radical (unpaired) electrons. The van der Waals surface area contributed by atoms with Gasteiger partial charge in [-0.2, -0.15) is 0 Å².